The maximum Gasteiger partial charge on any atom is 0.227 e. The first-order valence-corrected chi connectivity index (χ1v) is 7.34. The summed E-state index contributed by atoms with van der Waals surface area (Å²) in [7, 11) is 0. The summed E-state index contributed by atoms with van der Waals surface area (Å²) in [6.45, 7) is 9.94. The van der Waals surface area contributed by atoms with Crippen LogP contribution in [0.1, 0.15) is 51.6 Å². The maximum absolute atomic E-state index is 12.5. The van der Waals surface area contributed by atoms with Crippen LogP contribution >= 0.6 is 0 Å². The zero-order valence-corrected chi connectivity index (χ0v) is 13.1. The number of aliphatic hydroxyl groups is 1. The second kappa shape index (κ2) is 7.43. The average molecular weight is 282 g/mol. The molecule has 1 unspecified atom stereocenters. The van der Waals surface area contributed by atoms with Gasteiger partial charge in [0.05, 0.1) is 18.2 Å². The van der Waals surface area contributed by atoms with Crippen molar-refractivity contribution >= 4 is 5.91 Å². The SMILES string of the molecule is CCc1noc(CC)c1CC(=O)N(CC(C)O)C(C)C. The molecular weight excluding hydrogens is 256 g/mol. The molecule has 20 heavy (non-hydrogen) atoms. The van der Waals surface area contributed by atoms with Gasteiger partial charge in [0.15, 0.2) is 0 Å². The molecule has 1 atom stereocenters. The molecule has 0 radical (unpaired) electrons. The van der Waals surface area contributed by atoms with Crippen LogP contribution in [0.5, 0.6) is 0 Å². The van der Waals surface area contributed by atoms with Crippen molar-refractivity contribution < 1.29 is 14.4 Å². The first-order valence-electron chi connectivity index (χ1n) is 7.34. The number of carbonyl (C=O) groups excluding carboxylic acids is 1. The summed E-state index contributed by atoms with van der Waals surface area (Å²) in [5, 5.41) is 13.6. The number of aliphatic hydroxyl groups excluding tert-OH is 1. The van der Waals surface area contributed by atoms with E-state index in [2.05, 4.69) is 5.16 Å². The summed E-state index contributed by atoms with van der Waals surface area (Å²) in [4.78, 5) is 14.2. The van der Waals surface area contributed by atoms with Crippen molar-refractivity contribution in [1.82, 2.24) is 10.1 Å². The molecule has 0 aliphatic carbocycles. The minimum atomic E-state index is -0.528. The highest BCUT2D eigenvalue weighted by molar-refractivity contribution is 5.79. The fraction of sp³-hybridized carbons (Fsp3) is 0.733. The molecule has 0 saturated heterocycles. The summed E-state index contributed by atoms with van der Waals surface area (Å²) >= 11 is 0. The molecule has 1 aromatic heterocycles. The van der Waals surface area contributed by atoms with Crippen molar-refractivity contribution in [3.63, 3.8) is 0 Å². The molecule has 1 N–H and O–H groups in total. The molecule has 0 bridgehead atoms. The van der Waals surface area contributed by atoms with Gasteiger partial charge in [0, 0.05) is 24.6 Å². The molecule has 0 fully saturated rings. The average Bonchev–Trinajstić information content (AvgIpc) is 2.77. The van der Waals surface area contributed by atoms with Gasteiger partial charge in [0.25, 0.3) is 0 Å². The van der Waals surface area contributed by atoms with Crippen molar-refractivity contribution in [2.45, 2.75) is 66.0 Å². The Kier molecular flexibility index (Phi) is 6.20. The van der Waals surface area contributed by atoms with Gasteiger partial charge < -0.3 is 14.5 Å². The lowest BCUT2D eigenvalue weighted by atomic mass is 10.1. The Hall–Kier alpha value is -1.36. The normalized spacial score (nSPS) is 12.8. The van der Waals surface area contributed by atoms with Crippen molar-refractivity contribution in [1.29, 1.82) is 0 Å². The summed E-state index contributed by atoms with van der Waals surface area (Å²) in [5.41, 5.74) is 1.77. The van der Waals surface area contributed by atoms with Gasteiger partial charge in [-0.15, -0.1) is 0 Å². The number of hydrogen-bond acceptors (Lipinski definition) is 4. The van der Waals surface area contributed by atoms with Crippen molar-refractivity contribution in [2.75, 3.05) is 6.54 Å². The maximum atomic E-state index is 12.5. The monoisotopic (exact) mass is 282 g/mol. The predicted molar refractivity (Wildman–Crippen MR) is 77.5 cm³/mol. The van der Waals surface area contributed by atoms with Crippen LogP contribution in [0.25, 0.3) is 0 Å². The van der Waals surface area contributed by atoms with E-state index in [0.29, 0.717) is 13.0 Å². The summed E-state index contributed by atoms with van der Waals surface area (Å²) < 4.78 is 5.29. The lowest BCUT2D eigenvalue weighted by molar-refractivity contribution is -0.133. The molecule has 1 amide bonds. The van der Waals surface area contributed by atoms with Crippen LogP contribution in [-0.2, 0) is 24.1 Å². The number of carbonyl (C=O) groups is 1. The first kappa shape index (κ1) is 16.7. The summed E-state index contributed by atoms with van der Waals surface area (Å²) in [6.07, 6.45) is 1.25. The first-order chi connectivity index (χ1) is 9.40. The van der Waals surface area contributed by atoms with Gasteiger partial charge in [-0.1, -0.05) is 19.0 Å². The Morgan fingerprint density at radius 2 is 1.95 bits per heavy atom. The van der Waals surface area contributed by atoms with E-state index in [4.69, 9.17) is 4.52 Å². The topological polar surface area (TPSA) is 66.6 Å². The predicted octanol–water partition coefficient (Wildman–Crippen LogP) is 1.96. The van der Waals surface area contributed by atoms with Gasteiger partial charge in [-0.25, -0.2) is 0 Å². The molecule has 0 aromatic carbocycles. The van der Waals surface area contributed by atoms with Gasteiger partial charge in [-0.3, -0.25) is 4.79 Å². The smallest absolute Gasteiger partial charge is 0.227 e. The van der Waals surface area contributed by atoms with E-state index in [0.717, 1.165) is 29.9 Å². The minimum absolute atomic E-state index is 0.00787. The standard InChI is InChI=1S/C15H26N2O3/c1-6-13-12(14(7-2)20-16-13)8-15(19)17(10(3)4)9-11(5)18/h10-11,18H,6-9H2,1-5H3. The molecule has 114 valence electrons. The molecule has 1 aromatic rings. The molecular formula is C15H26N2O3. The number of rotatable bonds is 7. The molecule has 0 aliphatic rings. The number of amides is 1. The highest BCUT2D eigenvalue weighted by atomic mass is 16.5. The van der Waals surface area contributed by atoms with Gasteiger partial charge in [0.1, 0.15) is 5.76 Å². The molecule has 1 heterocycles. The lowest BCUT2D eigenvalue weighted by Crippen LogP contribution is -2.42. The minimum Gasteiger partial charge on any atom is -0.392 e. The van der Waals surface area contributed by atoms with E-state index >= 15 is 0 Å². The Morgan fingerprint density at radius 1 is 1.30 bits per heavy atom. The highest BCUT2D eigenvalue weighted by Crippen LogP contribution is 2.18. The lowest BCUT2D eigenvalue weighted by Gasteiger charge is -2.28. The van der Waals surface area contributed by atoms with Crippen LogP contribution in [0.15, 0.2) is 4.52 Å². The Balaban J connectivity index is 2.90. The summed E-state index contributed by atoms with van der Waals surface area (Å²) in [5.74, 6) is 0.796. The van der Waals surface area contributed by atoms with E-state index in [1.54, 1.807) is 11.8 Å². The fourth-order valence-electron chi connectivity index (χ4n) is 2.28. The second-order valence-electron chi connectivity index (χ2n) is 5.40. The molecule has 0 aliphatic heterocycles. The van der Waals surface area contributed by atoms with E-state index in [-0.39, 0.29) is 11.9 Å². The third-order valence-electron chi connectivity index (χ3n) is 3.34. The zero-order valence-electron chi connectivity index (χ0n) is 13.1. The van der Waals surface area contributed by atoms with E-state index in [1.165, 1.54) is 0 Å². The second-order valence-corrected chi connectivity index (χ2v) is 5.40. The van der Waals surface area contributed by atoms with Crippen LogP contribution in [0.4, 0.5) is 0 Å². The Labute approximate surface area is 120 Å². The molecule has 0 saturated carbocycles. The third kappa shape index (κ3) is 4.07. The quantitative estimate of drug-likeness (QED) is 0.830. The number of aryl methyl sites for hydroxylation is 2. The van der Waals surface area contributed by atoms with Gasteiger partial charge in [-0.05, 0) is 27.2 Å². The van der Waals surface area contributed by atoms with Gasteiger partial charge >= 0.3 is 0 Å². The Morgan fingerprint density at radius 3 is 2.40 bits per heavy atom. The van der Waals surface area contributed by atoms with Crippen LogP contribution in [0, 0.1) is 0 Å². The van der Waals surface area contributed by atoms with Gasteiger partial charge in [0.2, 0.25) is 5.91 Å². The summed E-state index contributed by atoms with van der Waals surface area (Å²) in [6, 6.07) is 0.0621. The molecule has 0 spiro atoms. The van der Waals surface area contributed by atoms with Crippen LogP contribution in [0.3, 0.4) is 0 Å². The number of aromatic nitrogens is 1. The van der Waals surface area contributed by atoms with Gasteiger partial charge in [-0.2, -0.15) is 0 Å². The highest BCUT2D eigenvalue weighted by Gasteiger charge is 2.23. The van der Waals surface area contributed by atoms with E-state index in [1.807, 2.05) is 27.7 Å². The Bertz CT molecular complexity index is 417. The molecule has 1 rings (SSSR count). The van der Waals surface area contributed by atoms with Crippen LogP contribution in [-0.4, -0.2) is 39.8 Å². The van der Waals surface area contributed by atoms with Crippen LogP contribution in [0.2, 0.25) is 0 Å². The van der Waals surface area contributed by atoms with Crippen molar-refractivity contribution in [3.05, 3.63) is 17.0 Å². The number of nitrogens with zero attached hydrogens (tertiary/aromatic N) is 2. The van der Waals surface area contributed by atoms with E-state index < -0.39 is 6.10 Å². The van der Waals surface area contributed by atoms with Crippen LogP contribution < -0.4 is 0 Å². The zero-order chi connectivity index (χ0) is 15.3. The van der Waals surface area contributed by atoms with E-state index in [9.17, 15) is 9.90 Å². The molecule has 5 heteroatoms. The molecule has 5 nitrogen and oxygen atoms in total. The van der Waals surface area contributed by atoms with Crippen molar-refractivity contribution in [3.8, 4) is 0 Å². The van der Waals surface area contributed by atoms with Crippen molar-refractivity contribution in [2.24, 2.45) is 0 Å². The largest absolute Gasteiger partial charge is 0.392 e. The fourth-order valence-corrected chi connectivity index (χ4v) is 2.28. The third-order valence-corrected chi connectivity index (χ3v) is 3.34. The number of hydrogen-bond donors (Lipinski definition) is 1.